The Hall–Kier alpha value is -1.84. The van der Waals surface area contributed by atoms with Gasteiger partial charge in [0, 0.05) is 6.42 Å². The van der Waals surface area contributed by atoms with Gasteiger partial charge in [0.15, 0.2) is 0 Å². The van der Waals surface area contributed by atoms with Crippen LogP contribution >= 0.6 is 0 Å². The highest BCUT2D eigenvalue weighted by atomic mass is 16.2. The van der Waals surface area contributed by atoms with Crippen LogP contribution in [0.2, 0.25) is 0 Å². The van der Waals surface area contributed by atoms with Gasteiger partial charge in [0.1, 0.15) is 0 Å². The maximum Gasteiger partial charge on any atom is 0.321 e. The molecule has 4 heteroatoms. The molecular formula is C13H18N2O2. The number of carbonyl (C=O) groups is 2. The monoisotopic (exact) mass is 234 g/mol. The fourth-order valence-electron chi connectivity index (χ4n) is 1.47. The van der Waals surface area contributed by atoms with Crippen LogP contribution in [-0.4, -0.2) is 11.9 Å². The Kier molecular flexibility index (Phi) is 5.20. The van der Waals surface area contributed by atoms with Crippen LogP contribution in [0, 0.1) is 0 Å². The zero-order chi connectivity index (χ0) is 12.7. The molecule has 0 aliphatic carbocycles. The van der Waals surface area contributed by atoms with Crippen molar-refractivity contribution in [1.82, 2.24) is 10.6 Å². The first kappa shape index (κ1) is 13.2. The number of carbonyl (C=O) groups excluding carboxylic acids is 2. The van der Waals surface area contributed by atoms with Crippen molar-refractivity contribution in [2.75, 3.05) is 0 Å². The van der Waals surface area contributed by atoms with Gasteiger partial charge in [-0.25, -0.2) is 4.79 Å². The van der Waals surface area contributed by atoms with Gasteiger partial charge in [0.2, 0.25) is 5.91 Å². The SMILES string of the molecule is CCCC(=O)NC(=O)N[C@@H](C)c1ccccc1. The van der Waals surface area contributed by atoms with Gasteiger partial charge in [-0.2, -0.15) is 0 Å². The van der Waals surface area contributed by atoms with E-state index in [1.54, 1.807) is 0 Å². The molecule has 4 nitrogen and oxygen atoms in total. The predicted molar refractivity (Wildman–Crippen MR) is 66.4 cm³/mol. The van der Waals surface area contributed by atoms with E-state index in [0.717, 1.165) is 12.0 Å². The third-order valence-electron chi connectivity index (χ3n) is 2.38. The number of nitrogens with one attached hydrogen (secondary N) is 2. The zero-order valence-electron chi connectivity index (χ0n) is 10.2. The standard InChI is InChI=1S/C13H18N2O2/c1-3-7-12(16)15-13(17)14-10(2)11-8-5-4-6-9-11/h4-6,8-10H,3,7H2,1-2H3,(H2,14,15,16,17)/t10-/m0/s1. The molecule has 1 rings (SSSR count). The second kappa shape index (κ2) is 6.68. The largest absolute Gasteiger partial charge is 0.331 e. The molecular weight excluding hydrogens is 216 g/mol. The smallest absolute Gasteiger partial charge is 0.321 e. The fraction of sp³-hybridized carbons (Fsp3) is 0.385. The molecule has 1 aromatic rings. The Bertz CT molecular complexity index is 376. The van der Waals surface area contributed by atoms with Crippen LogP contribution in [-0.2, 0) is 4.79 Å². The van der Waals surface area contributed by atoms with E-state index in [4.69, 9.17) is 0 Å². The summed E-state index contributed by atoms with van der Waals surface area (Å²) in [4.78, 5) is 22.7. The summed E-state index contributed by atoms with van der Waals surface area (Å²) in [5, 5.41) is 5.01. The molecule has 17 heavy (non-hydrogen) atoms. The summed E-state index contributed by atoms with van der Waals surface area (Å²) in [5.41, 5.74) is 1.01. The van der Waals surface area contributed by atoms with E-state index in [0.29, 0.717) is 6.42 Å². The summed E-state index contributed by atoms with van der Waals surface area (Å²) in [7, 11) is 0. The van der Waals surface area contributed by atoms with Crippen molar-refractivity contribution in [3.8, 4) is 0 Å². The number of urea groups is 1. The summed E-state index contributed by atoms with van der Waals surface area (Å²) < 4.78 is 0. The van der Waals surface area contributed by atoms with E-state index in [9.17, 15) is 9.59 Å². The quantitative estimate of drug-likeness (QED) is 0.840. The van der Waals surface area contributed by atoms with E-state index in [1.807, 2.05) is 44.2 Å². The number of imide groups is 1. The van der Waals surface area contributed by atoms with Crippen LogP contribution in [0.25, 0.3) is 0 Å². The molecule has 0 fully saturated rings. The van der Waals surface area contributed by atoms with Gasteiger partial charge < -0.3 is 5.32 Å². The molecule has 2 N–H and O–H groups in total. The zero-order valence-corrected chi connectivity index (χ0v) is 10.2. The Labute approximate surface area is 101 Å². The Balaban J connectivity index is 2.44. The highest BCUT2D eigenvalue weighted by Crippen LogP contribution is 2.10. The number of rotatable bonds is 4. The number of hydrogen-bond acceptors (Lipinski definition) is 2. The van der Waals surface area contributed by atoms with Gasteiger partial charge >= 0.3 is 6.03 Å². The fourth-order valence-corrected chi connectivity index (χ4v) is 1.47. The second-order valence-corrected chi connectivity index (χ2v) is 3.90. The van der Waals surface area contributed by atoms with Crippen LogP contribution in [0.1, 0.15) is 38.3 Å². The average molecular weight is 234 g/mol. The summed E-state index contributed by atoms with van der Waals surface area (Å²) in [6, 6.07) is 9.03. The molecule has 0 aliphatic heterocycles. The topological polar surface area (TPSA) is 58.2 Å². The Morgan fingerprint density at radius 1 is 1.24 bits per heavy atom. The Morgan fingerprint density at radius 3 is 2.47 bits per heavy atom. The molecule has 0 saturated heterocycles. The van der Waals surface area contributed by atoms with E-state index < -0.39 is 6.03 Å². The summed E-state index contributed by atoms with van der Waals surface area (Å²) >= 11 is 0. The van der Waals surface area contributed by atoms with Gasteiger partial charge in [0.25, 0.3) is 0 Å². The normalized spacial score (nSPS) is 11.6. The first-order valence-electron chi connectivity index (χ1n) is 5.78. The molecule has 0 unspecified atom stereocenters. The second-order valence-electron chi connectivity index (χ2n) is 3.90. The molecule has 0 radical (unpaired) electrons. The van der Waals surface area contributed by atoms with Crippen LogP contribution in [0.15, 0.2) is 30.3 Å². The van der Waals surface area contributed by atoms with Crippen molar-refractivity contribution < 1.29 is 9.59 Å². The van der Waals surface area contributed by atoms with Crippen molar-refractivity contribution >= 4 is 11.9 Å². The first-order valence-corrected chi connectivity index (χ1v) is 5.78. The van der Waals surface area contributed by atoms with E-state index in [2.05, 4.69) is 10.6 Å². The maximum atomic E-state index is 11.5. The van der Waals surface area contributed by atoms with E-state index >= 15 is 0 Å². The molecule has 0 aromatic heterocycles. The lowest BCUT2D eigenvalue weighted by Gasteiger charge is -2.14. The van der Waals surface area contributed by atoms with Crippen molar-refractivity contribution in [2.45, 2.75) is 32.7 Å². The maximum absolute atomic E-state index is 11.5. The first-order chi connectivity index (χ1) is 8.13. The van der Waals surface area contributed by atoms with Gasteiger partial charge in [-0.05, 0) is 18.9 Å². The van der Waals surface area contributed by atoms with Crippen molar-refractivity contribution in [1.29, 1.82) is 0 Å². The van der Waals surface area contributed by atoms with E-state index in [-0.39, 0.29) is 11.9 Å². The van der Waals surface area contributed by atoms with Crippen LogP contribution in [0.3, 0.4) is 0 Å². The summed E-state index contributed by atoms with van der Waals surface area (Å²) in [5.74, 6) is -0.245. The van der Waals surface area contributed by atoms with Gasteiger partial charge in [-0.3, -0.25) is 10.1 Å². The minimum atomic E-state index is -0.445. The Morgan fingerprint density at radius 2 is 1.88 bits per heavy atom. The highest BCUT2D eigenvalue weighted by molar-refractivity contribution is 5.94. The molecule has 0 saturated carbocycles. The molecule has 0 heterocycles. The van der Waals surface area contributed by atoms with E-state index in [1.165, 1.54) is 0 Å². The number of hydrogen-bond donors (Lipinski definition) is 2. The van der Waals surface area contributed by atoms with Crippen LogP contribution in [0.4, 0.5) is 4.79 Å². The third kappa shape index (κ3) is 4.68. The minimum Gasteiger partial charge on any atom is -0.331 e. The van der Waals surface area contributed by atoms with Crippen molar-refractivity contribution in [3.63, 3.8) is 0 Å². The minimum absolute atomic E-state index is 0.120. The lowest BCUT2D eigenvalue weighted by molar-refractivity contribution is -0.120. The molecule has 0 aliphatic rings. The van der Waals surface area contributed by atoms with Crippen LogP contribution < -0.4 is 10.6 Å². The lowest BCUT2D eigenvalue weighted by Crippen LogP contribution is -2.40. The van der Waals surface area contributed by atoms with Gasteiger partial charge in [-0.1, -0.05) is 37.3 Å². The average Bonchev–Trinajstić information content (AvgIpc) is 2.30. The predicted octanol–water partition coefficient (Wildman–Crippen LogP) is 2.37. The third-order valence-corrected chi connectivity index (χ3v) is 2.38. The number of amides is 3. The van der Waals surface area contributed by atoms with Crippen LogP contribution in [0.5, 0.6) is 0 Å². The highest BCUT2D eigenvalue weighted by Gasteiger charge is 2.10. The molecule has 0 bridgehead atoms. The molecule has 3 amide bonds. The molecule has 92 valence electrons. The van der Waals surface area contributed by atoms with Crippen molar-refractivity contribution in [3.05, 3.63) is 35.9 Å². The summed E-state index contributed by atoms with van der Waals surface area (Å²) in [6.07, 6.45) is 1.10. The van der Waals surface area contributed by atoms with Crippen molar-refractivity contribution in [2.24, 2.45) is 0 Å². The molecule has 0 spiro atoms. The molecule has 1 atom stereocenters. The number of benzene rings is 1. The van der Waals surface area contributed by atoms with Gasteiger partial charge in [0.05, 0.1) is 6.04 Å². The summed E-state index contributed by atoms with van der Waals surface area (Å²) in [6.45, 7) is 3.77. The molecule has 1 aromatic carbocycles. The van der Waals surface area contributed by atoms with Gasteiger partial charge in [-0.15, -0.1) is 0 Å². The lowest BCUT2D eigenvalue weighted by atomic mass is 10.1.